The second-order valence-electron chi connectivity index (χ2n) is 3.87. The Kier molecular flexibility index (Phi) is 5.56. The molecule has 0 atom stereocenters. The lowest BCUT2D eigenvalue weighted by Gasteiger charge is -2.32. The Morgan fingerprint density at radius 1 is 1.15 bits per heavy atom. The molecular weight excluding hydrogens is 304 g/mol. The van der Waals surface area contributed by atoms with E-state index in [0.717, 1.165) is 6.92 Å². The third kappa shape index (κ3) is 3.60. The van der Waals surface area contributed by atoms with Crippen molar-refractivity contribution in [1.82, 2.24) is 0 Å². The number of esters is 1. The van der Waals surface area contributed by atoms with Crippen LogP contribution in [0.4, 0.5) is 35.1 Å². The Bertz CT molecular complexity index is 377. The van der Waals surface area contributed by atoms with Crippen molar-refractivity contribution in [3.8, 4) is 0 Å². The van der Waals surface area contributed by atoms with Gasteiger partial charge in [0.2, 0.25) is 0 Å². The van der Waals surface area contributed by atoms with Gasteiger partial charge in [0, 0.05) is 5.57 Å². The quantitative estimate of drug-likeness (QED) is 0.407. The summed E-state index contributed by atoms with van der Waals surface area (Å²) in [7, 11) is 0. The highest BCUT2D eigenvalue weighted by Crippen LogP contribution is 2.49. The van der Waals surface area contributed by atoms with Gasteiger partial charge in [-0.3, -0.25) is 0 Å². The number of rotatable bonds is 7. The van der Waals surface area contributed by atoms with Crippen molar-refractivity contribution >= 4 is 5.97 Å². The highest BCUT2D eigenvalue weighted by atomic mass is 19.4. The number of halogens is 8. The van der Waals surface area contributed by atoms with Crippen molar-refractivity contribution in [1.29, 1.82) is 0 Å². The standard InChI is InChI=1S/C10H10F8O2/c1-5(2)6(19)20-4-3-8(13,14)10(17,18)9(15,16)7(11)12/h7H,1,3-4H2,2H3. The molecule has 0 radical (unpaired) electrons. The van der Waals surface area contributed by atoms with Crippen molar-refractivity contribution in [2.45, 2.75) is 37.5 Å². The second-order valence-corrected chi connectivity index (χ2v) is 3.87. The molecule has 0 heterocycles. The maximum Gasteiger partial charge on any atom is 0.377 e. The molecule has 0 aromatic carbocycles. The van der Waals surface area contributed by atoms with E-state index in [1.165, 1.54) is 0 Å². The predicted octanol–water partition coefficient (Wildman–Crippen LogP) is 3.67. The molecule has 0 aromatic heterocycles. The molecule has 0 fully saturated rings. The van der Waals surface area contributed by atoms with E-state index < -0.39 is 43.2 Å². The number of carbonyl (C=O) groups excluding carboxylic acids is 1. The highest BCUT2D eigenvalue weighted by Gasteiger charge is 2.74. The van der Waals surface area contributed by atoms with Gasteiger partial charge in [-0.15, -0.1) is 0 Å². The SMILES string of the molecule is C=C(C)C(=O)OCCC(F)(F)C(F)(F)C(F)(F)C(F)F. The monoisotopic (exact) mass is 314 g/mol. The zero-order chi connectivity index (χ0) is 16.4. The predicted molar refractivity (Wildman–Crippen MR) is 51.2 cm³/mol. The van der Waals surface area contributed by atoms with Gasteiger partial charge < -0.3 is 4.74 Å². The van der Waals surface area contributed by atoms with Crippen LogP contribution in [-0.2, 0) is 9.53 Å². The van der Waals surface area contributed by atoms with Crippen LogP contribution in [0.5, 0.6) is 0 Å². The summed E-state index contributed by atoms with van der Waals surface area (Å²) in [4.78, 5) is 10.8. The van der Waals surface area contributed by atoms with E-state index in [-0.39, 0.29) is 5.57 Å². The van der Waals surface area contributed by atoms with Crippen LogP contribution in [0.15, 0.2) is 12.2 Å². The molecule has 0 aliphatic heterocycles. The Morgan fingerprint density at radius 3 is 1.95 bits per heavy atom. The minimum atomic E-state index is -6.29. The number of ether oxygens (including phenoxy) is 1. The molecule has 10 heteroatoms. The van der Waals surface area contributed by atoms with E-state index in [1.807, 2.05) is 0 Å². The first-order chi connectivity index (χ1) is 8.77. The minimum Gasteiger partial charge on any atom is -0.462 e. The second kappa shape index (κ2) is 5.96. The van der Waals surface area contributed by atoms with Crippen molar-refractivity contribution in [3.05, 3.63) is 12.2 Å². The zero-order valence-corrected chi connectivity index (χ0v) is 10.0. The van der Waals surface area contributed by atoms with E-state index in [0.29, 0.717) is 0 Å². The van der Waals surface area contributed by atoms with E-state index in [2.05, 4.69) is 11.3 Å². The minimum absolute atomic E-state index is 0.238. The largest absolute Gasteiger partial charge is 0.462 e. The molecule has 0 spiro atoms. The molecular formula is C10H10F8O2. The average Bonchev–Trinajstić information content (AvgIpc) is 2.27. The number of hydrogen-bond acceptors (Lipinski definition) is 2. The Balaban J connectivity index is 4.87. The van der Waals surface area contributed by atoms with Crippen LogP contribution in [0.25, 0.3) is 0 Å². The van der Waals surface area contributed by atoms with Gasteiger partial charge in [0.25, 0.3) is 0 Å². The summed E-state index contributed by atoms with van der Waals surface area (Å²) >= 11 is 0. The summed E-state index contributed by atoms with van der Waals surface area (Å²) < 4.78 is 104. The molecule has 2 nitrogen and oxygen atoms in total. The summed E-state index contributed by atoms with van der Waals surface area (Å²) in [6.45, 7) is 2.82. The molecule has 0 bridgehead atoms. The number of hydrogen-bond donors (Lipinski definition) is 0. The Hall–Kier alpha value is -1.35. The lowest BCUT2D eigenvalue weighted by molar-refractivity contribution is -0.340. The molecule has 20 heavy (non-hydrogen) atoms. The van der Waals surface area contributed by atoms with Crippen LogP contribution < -0.4 is 0 Å². The lowest BCUT2D eigenvalue weighted by atomic mass is 10.0. The molecule has 0 rings (SSSR count). The van der Waals surface area contributed by atoms with Crippen LogP contribution in [-0.4, -0.2) is 36.8 Å². The molecule has 0 saturated heterocycles. The molecule has 118 valence electrons. The summed E-state index contributed by atoms with van der Waals surface area (Å²) in [5, 5.41) is 0. The van der Waals surface area contributed by atoms with Crippen molar-refractivity contribution in [2.24, 2.45) is 0 Å². The topological polar surface area (TPSA) is 26.3 Å². The van der Waals surface area contributed by atoms with Crippen LogP contribution in [0, 0.1) is 0 Å². The van der Waals surface area contributed by atoms with Gasteiger partial charge in [0.05, 0.1) is 13.0 Å². The third-order valence-electron chi connectivity index (χ3n) is 2.15. The molecule has 0 aliphatic carbocycles. The molecule has 0 saturated carbocycles. The first kappa shape index (κ1) is 18.7. The molecule has 0 amide bonds. The van der Waals surface area contributed by atoms with E-state index in [9.17, 15) is 39.9 Å². The Labute approximate surface area is 108 Å². The van der Waals surface area contributed by atoms with Crippen molar-refractivity contribution < 1.29 is 44.7 Å². The van der Waals surface area contributed by atoms with Crippen LogP contribution in [0.1, 0.15) is 13.3 Å². The average molecular weight is 314 g/mol. The van der Waals surface area contributed by atoms with E-state index >= 15 is 0 Å². The van der Waals surface area contributed by atoms with Gasteiger partial charge in [0.15, 0.2) is 0 Å². The normalized spacial score (nSPS) is 13.5. The summed E-state index contributed by atoms with van der Waals surface area (Å²) in [5.74, 6) is -19.2. The molecule has 0 aromatic rings. The zero-order valence-electron chi connectivity index (χ0n) is 10.0. The fourth-order valence-corrected chi connectivity index (χ4v) is 0.933. The van der Waals surface area contributed by atoms with E-state index in [1.54, 1.807) is 0 Å². The molecule has 0 aliphatic rings. The number of carbonyl (C=O) groups is 1. The van der Waals surface area contributed by atoms with Crippen LogP contribution in [0.2, 0.25) is 0 Å². The van der Waals surface area contributed by atoms with Crippen molar-refractivity contribution in [3.63, 3.8) is 0 Å². The number of alkyl halides is 8. The van der Waals surface area contributed by atoms with Crippen molar-refractivity contribution in [2.75, 3.05) is 6.61 Å². The fraction of sp³-hybridized carbons (Fsp3) is 0.700. The van der Waals surface area contributed by atoms with Gasteiger partial charge in [-0.05, 0) is 6.92 Å². The first-order valence-electron chi connectivity index (χ1n) is 5.01. The van der Waals surface area contributed by atoms with Gasteiger partial charge in [0.1, 0.15) is 0 Å². The smallest absolute Gasteiger partial charge is 0.377 e. The molecule has 0 unspecified atom stereocenters. The summed E-state index contributed by atoms with van der Waals surface area (Å²) in [6.07, 6.45) is -7.01. The lowest BCUT2D eigenvalue weighted by Crippen LogP contribution is -2.57. The summed E-state index contributed by atoms with van der Waals surface area (Å²) in [6, 6.07) is 0. The van der Waals surface area contributed by atoms with Gasteiger partial charge >= 0.3 is 30.2 Å². The van der Waals surface area contributed by atoms with E-state index in [4.69, 9.17) is 0 Å². The Morgan fingerprint density at radius 2 is 1.60 bits per heavy atom. The van der Waals surface area contributed by atoms with Crippen LogP contribution >= 0.6 is 0 Å². The fourth-order valence-electron chi connectivity index (χ4n) is 0.933. The van der Waals surface area contributed by atoms with Crippen LogP contribution in [0.3, 0.4) is 0 Å². The maximum atomic E-state index is 12.9. The van der Waals surface area contributed by atoms with Gasteiger partial charge in [-0.1, -0.05) is 6.58 Å². The third-order valence-corrected chi connectivity index (χ3v) is 2.15. The van der Waals surface area contributed by atoms with Gasteiger partial charge in [-0.2, -0.15) is 26.3 Å². The highest BCUT2D eigenvalue weighted by molar-refractivity contribution is 5.86. The summed E-state index contributed by atoms with van der Waals surface area (Å²) in [5.41, 5.74) is -0.238. The maximum absolute atomic E-state index is 12.9. The first-order valence-corrected chi connectivity index (χ1v) is 5.01. The van der Waals surface area contributed by atoms with Gasteiger partial charge in [-0.25, -0.2) is 13.6 Å². The molecule has 0 N–H and O–H groups in total.